The molecule has 9 nitrogen and oxygen atoms in total. The molecule has 2 N–H and O–H groups in total. The number of fused-ring (bicyclic) bond motifs is 1. The van der Waals surface area contributed by atoms with Gasteiger partial charge >= 0.3 is 0 Å². The minimum atomic E-state index is -3.89. The van der Waals surface area contributed by atoms with Crippen molar-refractivity contribution >= 4 is 58.8 Å². The summed E-state index contributed by atoms with van der Waals surface area (Å²) in [5, 5.41) is 6.92. The van der Waals surface area contributed by atoms with Crippen LogP contribution in [-0.4, -0.2) is 44.7 Å². The average molecular weight is 525 g/mol. The number of nitrogens with two attached hydrogens (primary N) is 1. The number of thiophene rings is 1. The number of hydrogen-bond acceptors (Lipinski definition) is 7. The summed E-state index contributed by atoms with van der Waals surface area (Å²) in [7, 11) is -7.55. The van der Waals surface area contributed by atoms with Gasteiger partial charge in [0.1, 0.15) is 4.21 Å². The number of nitrogens with zero attached hydrogens (tertiary/aromatic N) is 3. The Morgan fingerprint density at radius 2 is 2.06 bits per heavy atom. The van der Waals surface area contributed by atoms with Gasteiger partial charge in [-0.3, -0.25) is 4.79 Å². The van der Waals surface area contributed by atoms with Crippen LogP contribution in [0.15, 0.2) is 49.8 Å². The van der Waals surface area contributed by atoms with Gasteiger partial charge in [0.25, 0.3) is 15.9 Å². The lowest BCUT2D eigenvalue weighted by Gasteiger charge is -2.29. The minimum Gasteiger partial charge on any atom is -0.305 e. The van der Waals surface area contributed by atoms with Crippen molar-refractivity contribution in [3.05, 3.63) is 40.5 Å². The number of primary sulfonamides is 1. The van der Waals surface area contributed by atoms with E-state index in [9.17, 15) is 21.6 Å². The van der Waals surface area contributed by atoms with Crippen molar-refractivity contribution in [2.45, 2.75) is 28.5 Å². The molecule has 1 saturated heterocycles. The molecule has 174 valence electrons. The largest absolute Gasteiger partial charge is 0.305 e. The van der Waals surface area contributed by atoms with Crippen LogP contribution in [0.4, 0.5) is 0 Å². The van der Waals surface area contributed by atoms with Gasteiger partial charge in [0.15, 0.2) is 4.80 Å². The van der Waals surface area contributed by atoms with Crippen molar-refractivity contribution in [2.24, 2.45) is 16.0 Å². The molecule has 3 heterocycles. The van der Waals surface area contributed by atoms with Gasteiger partial charge in [0.2, 0.25) is 10.0 Å². The highest BCUT2D eigenvalue weighted by Gasteiger charge is 2.33. The van der Waals surface area contributed by atoms with Crippen LogP contribution in [0, 0.1) is 18.3 Å². The molecule has 0 saturated carbocycles. The molecule has 0 spiro atoms. The lowest BCUT2D eigenvalue weighted by atomic mass is 9.99. The highest BCUT2D eigenvalue weighted by atomic mass is 32.2. The number of rotatable bonds is 5. The Morgan fingerprint density at radius 1 is 1.27 bits per heavy atom. The Hall–Kier alpha value is -2.34. The molecule has 1 aliphatic rings. The van der Waals surface area contributed by atoms with Gasteiger partial charge in [0, 0.05) is 13.1 Å². The Bertz CT molecular complexity index is 1530. The van der Waals surface area contributed by atoms with E-state index in [4.69, 9.17) is 11.6 Å². The maximum Gasteiger partial charge on any atom is 0.252 e. The number of sulfonamides is 2. The zero-order valence-electron chi connectivity index (χ0n) is 17.2. The standard InChI is InChI=1S/C20H20N4O5S4/c1-2-9-24-16-8-7-15(32(21,26)27)12-17(16)31-20(24)22-19(25)14-5-3-10-23(13-14)33(28,29)18-6-4-11-30-18/h1,4,6-8,11-12,14H,3,5,9-10,13H2,(H2,21,26,27). The van der Waals surface area contributed by atoms with Crippen molar-refractivity contribution in [2.75, 3.05) is 13.1 Å². The van der Waals surface area contributed by atoms with Crippen LogP contribution in [0.5, 0.6) is 0 Å². The summed E-state index contributed by atoms with van der Waals surface area (Å²) in [6.45, 7) is 0.531. The summed E-state index contributed by atoms with van der Waals surface area (Å²) in [4.78, 5) is 17.5. The topological polar surface area (TPSA) is 132 Å². The summed E-state index contributed by atoms with van der Waals surface area (Å²) in [5.74, 6) is 1.49. The molecule has 13 heteroatoms. The number of terminal acetylenes is 1. The van der Waals surface area contributed by atoms with Crippen LogP contribution in [0.3, 0.4) is 0 Å². The third-order valence-corrected chi connectivity index (χ3v) is 10.5. The van der Waals surface area contributed by atoms with Crippen LogP contribution in [0.1, 0.15) is 12.8 Å². The third-order valence-electron chi connectivity index (χ3n) is 5.26. The van der Waals surface area contributed by atoms with Gasteiger partial charge in [-0.1, -0.05) is 23.3 Å². The molecule has 1 fully saturated rings. The molecular formula is C20H20N4O5S4. The van der Waals surface area contributed by atoms with E-state index in [-0.39, 0.29) is 22.2 Å². The first kappa shape index (κ1) is 23.8. The summed E-state index contributed by atoms with van der Waals surface area (Å²) in [6.07, 6.45) is 6.55. The number of aromatic nitrogens is 1. The summed E-state index contributed by atoms with van der Waals surface area (Å²) in [6, 6.07) is 7.58. The molecule has 1 aliphatic heterocycles. The van der Waals surface area contributed by atoms with E-state index in [0.717, 1.165) is 22.7 Å². The Labute approximate surface area is 199 Å². The van der Waals surface area contributed by atoms with E-state index in [2.05, 4.69) is 10.9 Å². The van der Waals surface area contributed by atoms with Crippen molar-refractivity contribution in [3.8, 4) is 12.3 Å². The molecule has 3 aromatic rings. The first-order chi connectivity index (χ1) is 15.6. The van der Waals surface area contributed by atoms with Gasteiger partial charge < -0.3 is 4.57 Å². The predicted molar refractivity (Wildman–Crippen MR) is 126 cm³/mol. The van der Waals surface area contributed by atoms with E-state index in [1.54, 1.807) is 28.1 Å². The van der Waals surface area contributed by atoms with Crippen LogP contribution < -0.4 is 9.94 Å². The molecule has 1 atom stereocenters. The Morgan fingerprint density at radius 3 is 2.73 bits per heavy atom. The second-order valence-electron chi connectivity index (χ2n) is 7.43. The van der Waals surface area contributed by atoms with E-state index < -0.39 is 31.9 Å². The zero-order valence-corrected chi connectivity index (χ0v) is 20.5. The SMILES string of the molecule is C#CCn1c(=NC(=O)C2CCCN(S(=O)(=O)c3cccs3)C2)sc2cc(S(N)(=O)=O)ccc21. The van der Waals surface area contributed by atoms with Crippen molar-refractivity contribution < 1.29 is 21.6 Å². The summed E-state index contributed by atoms with van der Waals surface area (Å²) >= 11 is 2.26. The lowest BCUT2D eigenvalue weighted by molar-refractivity contribution is -0.122. The molecule has 1 amide bonds. The average Bonchev–Trinajstić information content (AvgIpc) is 3.42. The molecule has 0 bridgehead atoms. The van der Waals surface area contributed by atoms with E-state index >= 15 is 0 Å². The molecule has 2 aromatic heterocycles. The van der Waals surface area contributed by atoms with Crippen molar-refractivity contribution in [3.63, 3.8) is 0 Å². The number of piperidine rings is 1. The van der Waals surface area contributed by atoms with Crippen LogP contribution in [0.2, 0.25) is 0 Å². The third kappa shape index (κ3) is 4.81. The summed E-state index contributed by atoms with van der Waals surface area (Å²) < 4.78 is 52.9. The number of amides is 1. The molecule has 33 heavy (non-hydrogen) atoms. The number of carbonyl (C=O) groups excluding carboxylic acids is 1. The quantitative estimate of drug-likeness (QED) is 0.506. The highest BCUT2D eigenvalue weighted by Crippen LogP contribution is 2.27. The number of carbonyl (C=O) groups is 1. The van der Waals surface area contributed by atoms with Gasteiger partial charge in [-0.2, -0.15) is 9.30 Å². The minimum absolute atomic E-state index is 0.0521. The number of thiazole rings is 1. The summed E-state index contributed by atoms with van der Waals surface area (Å²) in [5.41, 5.74) is 0.627. The second kappa shape index (κ2) is 9.13. The molecule has 1 unspecified atom stereocenters. The first-order valence-corrected chi connectivity index (χ1v) is 14.5. The monoisotopic (exact) mass is 524 g/mol. The fourth-order valence-corrected chi connectivity index (χ4v) is 8.00. The zero-order chi connectivity index (χ0) is 23.8. The Balaban J connectivity index is 1.68. The van der Waals surface area contributed by atoms with Gasteiger partial charge in [-0.15, -0.1) is 17.8 Å². The molecule has 1 aromatic carbocycles. The molecule has 0 aliphatic carbocycles. The van der Waals surface area contributed by atoms with E-state index in [0.29, 0.717) is 34.4 Å². The Kier molecular flexibility index (Phi) is 6.59. The van der Waals surface area contributed by atoms with Crippen LogP contribution in [0.25, 0.3) is 10.2 Å². The maximum absolute atomic E-state index is 13.0. The fourth-order valence-electron chi connectivity index (χ4n) is 3.65. The van der Waals surface area contributed by atoms with E-state index in [1.807, 2.05) is 0 Å². The van der Waals surface area contributed by atoms with Crippen molar-refractivity contribution in [1.82, 2.24) is 8.87 Å². The smallest absolute Gasteiger partial charge is 0.252 e. The highest BCUT2D eigenvalue weighted by molar-refractivity contribution is 7.91. The second-order valence-corrected chi connectivity index (χ2v) is 13.1. The molecule has 4 rings (SSSR count). The maximum atomic E-state index is 13.0. The van der Waals surface area contributed by atoms with E-state index in [1.165, 1.54) is 16.4 Å². The number of benzene rings is 1. The molecular weight excluding hydrogens is 505 g/mol. The van der Waals surface area contributed by atoms with Crippen LogP contribution in [-0.2, 0) is 31.4 Å². The normalized spacial score (nSPS) is 18.4. The molecule has 0 radical (unpaired) electrons. The fraction of sp³-hybridized carbons (Fsp3) is 0.300. The first-order valence-electron chi connectivity index (χ1n) is 9.83. The predicted octanol–water partition coefficient (Wildman–Crippen LogP) is 1.57. The lowest BCUT2D eigenvalue weighted by Crippen LogP contribution is -2.42. The van der Waals surface area contributed by atoms with Gasteiger partial charge in [-0.25, -0.2) is 22.0 Å². The van der Waals surface area contributed by atoms with Gasteiger partial charge in [-0.05, 0) is 42.5 Å². The van der Waals surface area contributed by atoms with Gasteiger partial charge in [0.05, 0.1) is 27.6 Å². The van der Waals surface area contributed by atoms with Crippen LogP contribution >= 0.6 is 22.7 Å². The number of hydrogen-bond donors (Lipinski definition) is 1. The van der Waals surface area contributed by atoms with Crippen molar-refractivity contribution in [1.29, 1.82) is 0 Å².